The van der Waals surface area contributed by atoms with Crippen molar-refractivity contribution in [3.63, 3.8) is 0 Å². The molecule has 1 saturated heterocycles. The van der Waals surface area contributed by atoms with Gasteiger partial charge in [0.15, 0.2) is 17.5 Å². The third-order valence-electron chi connectivity index (χ3n) is 5.08. The highest BCUT2D eigenvalue weighted by Gasteiger charge is 2.24. The van der Waals surface area contributed by atoms with Gasteiger partial charge in [0.05, 0.1) is 26.4 Å². The minimum atomic E-state index is -2.93. The zero-order valence-electron chi connectivity index (χ0n) is 19.0. The molecular weight excluding hydrogens is 406 g/mol. The Bertz CT molecular complexity index is 683. The number of alkyl halides is 2. The molecule has 1 aromatic carbocycles. The van der Waals surface area contributed by atoms with Gasteiger partial charge in [-0.15, -0.1) is 0 Å². The number of nitrogens with one attached hydrogen (secondary N) is 2. The topological polar surface area (TPSA) is 67.4 Å². The Morgan fingerprint density at radius 3 is 2.55 bits per heavy atom. The van der Waals surface area contributed by atoms with E-state index in [2.05, 4.69) is 34.4 Å². The van der Waals surface area contributed by atoms with Crippen LogP contribution in [0, 0.1) is 5.92 Å². The van der Waals surface area contributed by atoms with Crippen LogP contribution in [0.25, 0.3) is 0 Å². The molecule has 0 aliphatic carbocycles. The Hall–Kier alpha value is -2.13. The van der Waals surface area contributed by atoms with E-state index in [0.717, 1.165) is 32.8 Å². The van der Waals surface area contributed by atoms with Crippen LogP contribution in [0.5, 0.6) is 11.5 Å². The number of morpholine rings is 1. The van der Waals surface area contributed by atoms with Crippen molar-refractivity contribution in [2.45, 2.75) is 46.9 Å². The maximum Gasteiger partial charge on any atom is 0.387 e. The van der Waals surface area contributed by atoms with E-state index in [1.54, 1.807) is 25.1 Å². The molecule has 7 nitrogen and oxygen atoms in total. The Morgan fingerprint density at radius 1 is 1.19 bits per heavy atom. The Balaban J connectivity index is 2.12. The molecule has 0 radical (unpaired) electrons. The molecular formula is C22H36F2N4O3. The van der Waals surface area contributed by atoms with Gasteiger partial charge in [0.1, 0.15) is 0 Å². The number of ether oxygens (including phenoxy) is 3. The number of rotatable bonds is 11. The Labute approximate surface area is 184 Å². The van der Waals surface area contributed by atoms with Crippen LogP contribution in [0.4, 0.5) is 8.78 Å². The predicted molar refractivity (Wildman–Crippen MR) is 118 cm³/mol. The average Bonchev–Trinajstić information content (AvgIpc) is 2.74. The summed E-state index contributed by atoms with van der Waals surface area (Å²) >= 11 is 0. The summed E-state index contributed by atoms with van der Waals surface area (Å²) in [5.41, 5.74) is 0.539. The number of aliphatic imine (C=N–C) groups is 1. The largest absolute Gasteiger partial charge is 0.490 e. The predicted octanol–water partition coefficient (Wildman–Crippen LogP) is 3.10. The molecule has 1 aliphatic rings. The summed E-state index contributed by atoms with van der Waals surface area (Å²) in [6.07, 6.45) is 0. The van der Waals surface area contributed by atoms with Gasteiger partial charge >= 0.3 is 6.61 Å². The van der Waals surface area contributed by atoms with E-state index in [4.69, 9.17) is 14.2 Å². The maximum absolute atomic E-state index is 13.0. The van der Waals surface area contributed by atoms with Gasteiger partial charge in [-0.25, -0.2) is 4.99 Å². The average molecular weight is 443 g/mol. The second kappa shape index (κ2) is 13.3. The number of halogens is 2. The van der Waals surface area contributed by atoms with E-state index >= 15 is 0 Å². The van der Waals surface area contributed by atoms with Gasteiger partial charge in [-0.2, -0.15) is 8.78 Å². The van der Waals surface area contributed by atoms with E-state index in [0.29, 0.717) is 42.4 Å². The van der Waals surface area contributed by atoms with Crippen LogP contribution < -0.4 is 20.1 Å². The SMILES string of the molecule is CCNC(=NCc1cccc(OCC)c1OC(F)F)NCC(C(C)C)N1CCOCC1. The van der Waals surface area contributed by atoms with Crippen molar-refractivity contribution in [1.82, 2.24) is 15.5 Å². The summed E-state index contributed by atoms with van der Waals surface area (Å²) in [7, 11) is 0. The van der Waals surface area contributed by atoms with E-state index in [1.165, 1.54) is 0 Å². The number of benzene rings is 1. The Morgan fingerprint density at radius 2 is 1.94 bits per heavy atom. The summed E-state index contributed by atoms with van der Waals surface area (Å²) in [6.45, 7) is 10.5. The molecule has 9 heteroatoms. The van der Waals surface area contributed by atoms with Gasteiger partial charge in [-0.05, 0) is 25.8 Å². The van der Waals surface area contributed by atoms with Crippen molar-refractivity contribution in [2.75, 3.05) is 46.0 Å². The highest BCUT2D eigenvalue weighted by molar-refractivity contribution is 5.79. The Kier molecular flexibility index (Phi) is 10.8. The van der Waals surface area contributed by atoms with Gasteiger partial charge in [-0.1, -0.05) is 26.0 Å². The fourth-order valence-electron chi connectivity index (χ4n) is 3.58. The van der Waals surface area contributed by atoms with Crippen LogP contribution >= 0.6 is 0 Å². The fraction of sp³-hybridized carbons (Fsp3) is 0.682. The molecule has 1 unspecified atom stereocenters. The lowest BCUT2D eigenvalue weighted by molar-refractivity contribution is -0.0520. The lowest BCUT2D eigenvalue weighted by Crippen LogP contribution is -2.52. The monoisotopic (exact) mass is 442 g/mol. The molecule has 2 N–H and O–H groups in total. The van der Waals surface area contributed by atoms with Crippen LogP contribution in [0.15, 0.2) is 23.2 Å². The van der Waals surface area contributed by atoms with Gasteiger partial charge in [0.25, 0.3) is 0 Å². The molecule has 0 spiro atoms. The van der Waals surface area contributed by atoms with Crippen molar-refractivity contribution in [2.24, 2.45) is 10.9 Å². The van der Waals surface area contributed by atoms with E-state index in [-0.39, 0.29) is 12.3 Å². The van der Waals surface area contributed by atoms with Crippen LogP contribution in [0.3, 0.4) is 0 Å². The van der Waals surface area contributed by atoms with Gasteiger partial charge in [0.2, 0.25) is 0 Å². The molecule has 0 aromatic heterocycles. The van der Waals surface area contributed by atoms with Crippen LogP contribution in [-0.4, -0.2) is 69.5 Å². The third-order valence-corrected chi connectivity index (χ3v) is 5.08. The first kappa shape index (κ1) is 25.1. The highest BCUT2D eigenvalue weighted by atomic mass is 19.3. The highest BCUT2D eigenvalue weighted by Crippen LogP contribution is 2.33. The summed E-state index contributed by atoms with van der Waals surface area (Å²) in [5, 5.41) is 6.63. The summed E-state index contributed by atoms with van der Waals surface area (Å²) in [4.78, 5) is 7.04. The first-order chi connectivity index (χ1) is 15.0. The fourth-order valence-corrected chi connectivity index (χ4v) is 3.58. The lowest BCUT2D eigenvalue weighted by Gasteiger charge is -2.37. The van der Waals surface area contributed by atoms with E-state index < -0.39 is 6.61 Å². The van der Waals surface area contributed by atoms with Crippen molar-refractivity contribution in [3.05, 3.63) is 23.8 Å². The van der Waals surface area contributed by atoms with Gasteiger partial charge in [-0.3, -0.25) is 4.90 Å². The normalized spacial score (nSPS) is 16.5. The second-order valence-corrected chi connectivity index (χ2v) is 7.59. The smallest absolute Gasteiger partial charge is 0.387 e. The molecule has 2 rings (SSSR count). The van der Waals surface area contributed by atoms with Crippen LogP contribution in [0.1, 0.15) is 33.3 Å². The van der Waals surface area contributed by atoms with Crippen molar-refractivity contribution >= 4 is 5.96 Å². The molecule has 0 saturated carbocycles. The molecule has 1 aliphatic heterocycles. The minimum absolute atomic E-state index is 0.0346. The number of hydrogen-bond donors (Lipinski definition) is 2. The minimum Gasteiger partial charge on any atom is -0.490 e. The summed E-state index contributed by atoms with van der Waals surface area (Å²) in [6, 6.07) is 5.43. The zero-order chi connectivity index (χ0) is 22.6. The van der Waals surface area contributed by atoms with E-state index in [1.807, 2.05) is 6.92 Å². The quantitative estimate of drug-likeness (QED) is 0.406. The molecule has 0 bridgehead atoms. The molecule has 1 aromatic rings. The molecule has 31 heavy (non-hydrogen) atoms. The van der Waals surface area contributed by atoms with Gasteiger partial charge in [0, 0.05) is 37.8 Å². The first-order valence-electron chi connectivity index (χ1n) is 11.0. The molecule has 1 heterocycles. The zero-order valence-corrected chi connectivity index (χ0v) is 19.0. The number of para-hydroxylation sites is 1. The van der Waals surface area contributed by atoms with E-state index in [9.17, 15) is 8.78 Å². The molecule has 1 fully saturated rings. The van der Waals surface area contributed by atoms with Crippen LogP contribution in [-0.2, 0) is 11.3 Å². The third kappa shape index (κ3) is 8.14. The van der Waals surface area contributed by atoms with Crippen molar-refractivity contribution in [3.8, 4) is 11.5 Å². The molecule has 0 amide bonds. The number of hydrogen-bond acceptors (Lipinski definition) is 5. The summed E-state index contributed by atoms with van der Waals surface area (Å²) in [5.74, 6) is 1.42. The lowest BCUT2D eigenvalue weighted by atomic mass is 10.0. The first-order valence-corrected chi connectivity index (χ1v) is 11.0. The molecule has 176 valence electrons. The number of nitrogens with zero attached hydrogens (tertiary/aromatic N) is 2. The van der Waals surface area contributed by atoms with Crippen molar-refractivity contribution in [1.29, 1.82) is 0 Å². The standard InChI is InChI=1S/C22H36F2N4O3/c1-5-25-22(27-15-18(16(3)4)28-10-12-29-13-11-28)26-14-17-8-7-9-19(30-6-2)20(17)31-21(23)24/h7-9,16,18,21H,5-6,10-15H2,1-4H3,(H2,25,26,27). The van der Waals surface area contributed by atoms with Crippen molar-refractivity contribution < 1.29 is 23.0 Å². The second-order valence-electron chi connectivity index (χ2n) is 7.59. The number of guanidine groups is 1. The van der Waals surface area contributed by atoms with Gasteiger partial charge < -0.3 is 24.8 Å². The molecule has 1 atom stereocenters. The van der Waals surface area contributed by atoms with Crippen LogP contribution in [0.2, 0.25) is 0 Å². The maximum atomic E-state index is 13.0. The summed E-state index contributed by atoms with van der Waals surface area (Å²) < 4.78 is 41.6.